The molecule has 0 aromatic heterocycles. The Bertz CT molecular complexity index is 426. The standard InChI is InChI=1S/C16H25N/c1-11-9-14-7-8-17(16(4,5)6)13(3)15(14)10-12(11)2/h9-10,13H,7-8H2,1-6H3. The van der Waals surface area contributed by atoms with Gasteiger partial charge in [-0.2, -0.15) is 0 Å². The van der Waals surface area contributed by atoms with Crippen LogP contribution in [0.15, 0.2) is 12.1 Å². The molecule has 0 fully saturated rings. The molecule has 1 aromatic carbocycles. The molecule has 0 amide bonds. The van der Waals surface area contributed by atoms with Gasteiger partial charge < -0.3 is 0 Å². The van der Waals surface area contributed by atoms with Gasteiger partial charge in [-0.25, -0.2) is 0 Å². The first-order chi connectivity index (χ1) is 7.80. The predicted molar refractivity (Wildman–Crippen MR) is 74.5 cm³/mol. The zero-order valence-electron chi connectivity index (χ0n) is 12.1. The Labute approximate surface area is 106 Å². The summed E-state index contributed by atoms with van der Waals surface area (Å²) in [7, 11) is 0. The molecule has 1 aromatic rings. The maximum atomic E-state index is 2.62. The van der Waals surface area contributed by atoms with Crippen LogP contribution in [0.2, 0.25) is 0 Å². The fourth-order valence-corrected chi connectivity index (χ4v) is 3.02. The maximum Gasteiger partial charge on any atom is 0.0328 e. The fourth-order valence-electron chi connectivity index (χ4n) is 3.02. The van der Waals surface area contributed by atoms with Gasteiger partial charge in [0.2, 0.25) is 0 Å². The van der Waals surface area contributed by atoms with Gasteiger partial charge in [0.15, 0.2) is 0 Å². The molecule has 94 valence electrons. The molecule has 0 saturated heterocycles. The minimum Gasteiger partial charge on any atom is -0.291 e. The van der Waals surface area contributed by atoms with E-state index in [9.17, 15) is 0 Å². The van der Waals surface area contributed by atoms with E-state index in [0.29, 0.717) is 6.04 Å². The minimum atomic E-state index is 0.260. The Morgan fingerprint density at radius 1 is 1.12 bits per heavy atom. The first-order valence-electron chi connectivity index (χ1n) is 6.67. The molecule has 0 spiro atoms. The number of rotatable bonds is 0. The molecule has 0 aliphatic carbocycles. The quantitative estimate of drug-likeness (QED) is 0.652. The molecule has 1 atom stereocenters. The van der Waals surface area contributed by atoms with Crippen molar-refractivity contribution in [3.8, 4) is 0 Å². The second-order valence-electron chi connectivity index (χ2n) is 6.43. The van der Waals surface area contributed by atoms with E-state index in [1.54, 1.807) is 5.56 Å². The summed E-state index contributed by atoms with van der Waals surface area (Å²) >= 11 is 0. The van der Waals surface area contributed by atoms with Crippen LogP contribution in [-0.4, -0.2) is 17.0 Å². The Hall–Kier alpha value is -0.820. The van der Waals surface area contributed by atoms with Crippen LogP contribution in [0, 0.1) is 13.8 Å². The second kappa shape index (κ2) is 4.13. The van der Waals surface area contributed by atoms with Crippen LogP contribution in [0.5, 0.6) is 0 Å². The number of hydrogen-bond acceptors (Lipinski definition) is 1. The van der Waals surface area contributed by atoms with Gasteiger partial charge in [-0.05, 0) is 70.2 Å². The lowest BCUT2D eigenvalue weighted by molar-refractivity contribution is 0.0823. The summed E-state index contributed by atoms with van der Waals surface area (Å²) < 4.78 is 0. The molecule has 0 radical (unpaired) electrons. The molecular formula is C16H25N. The molecule has 17 heavy (non-hydrogen) atoms. The van der Waals surface area contributed by atoms with Crippen molar-refractivity contribution in [2.75, 3.05) is 6.54 Å². The van der Waals surface area contributed by atoms with Crippen LogP contribution in [-0.2, 0) is 6.42 Å². The second-order valence-corrected chi connectivity index (χ2v) is 6.43. The average molecular weight is 231 g/mol. The molecule has 2 rings (SSSR count). The SMILES string of the molecule is Cc1cc2c(cc1C)C(C)N(C(C)(C)C)CC2. The molecular weight excluding hydrogens is 206 g/mol. The molecule has 0 saturated carbocycles. The van der Waals surface area contributed by atoms with Crippen molar-refractivity contribution in [1.82, 2.24) is 4.90 Å². The fraction of sp³-hybridized carbons (Fsp3) is 0.625. The third kappa shape index (κ3) is 2.26. The monoisotopic (exact) mass is 231 g/mol. The highest BCUT2D eigenvalue weighted by Crippen LogP contribution is 2.35. The van der Waals surface area contributed by atoms with E-state index in [4.69, 9.17) is 0 Å². The summed E-state index contributed by atoms with van der Waals surface area (Å²) in [5.74, 6) is 0. The normalized spacial score (nSPS) is 21.4. The van der Waals surface area contributed by atoms with Gasteiger partial charge >= 0.3 is 0 Å². The van der Waals surface area contributed by atoms with E-state index in [0.717, 1.165) is 0 Å². The molecule has 1 aliphatic rings. The molecule has 0 bridgehead atoms. The van der Waals surface area contributed by atoms with E-state index >= 15 is 0 Å². The topological polar surface area (TPSA) is 3.24 Å². The third-order valence-electron chi connectivity index (χ3n) is 4.16. The summed E-state index contributed by atoms with van der Waals surface area (Å²) in [5.41, 5.74) is 6.21. The largest absolute Gasteiger partial charge is 0.291 e. The summed E-state index contributed by atoms with van der Waals surface area (Å²) in [4.78, 5) is 2.62. The summed E-state index contributed by atoms with van der Waals surface area (Å²) in [5, 5.41) is 0. The third-order valence-corrected chi connectivity index (χ3v) is 4.16. The van der Waals surface area contributed by atoms with Gasteiger partial charge in [0, 0.05) is 18.1 Å². The van der Waals surface area contributed by atoms with Gasteiger partial charge in [0.05, 0.1) is 0 Å². The van der Waals surface area contributed by atoms with Gasteiger partial charge in [-0.1, -0.05) is 12.1 Å². The van der Waals surface area contributed by atoms with Crippen LogP contribution in [0.25, 0.3) is 0 Å². The minimum absolute atomic E-state index is 0.260. The maximum absolute atomic E-state index is 2.62. The Morgan fingerprint density at radius 2 is 1.71 bits per heavy atom. The first kappa shape index (κ1) is 12.6. The van der Waals surface area contributed by atoms with Gasteiger partial charge in [0.25, 0.3) is 0 Å². The molecule has 1 unspecified atom stereocenters. The highest BCUT2D eigenvalue weighted by atomic mass is 15.2. The highest BCUT2D eigenvalue weighted by molar-refractivity contribution is 5.40. The van der Waals surface area contributed by atoms with Crippen molar-refractivity contribution in [3.05, 3.63) is 34.4 Å². The number of nitrogens with zero attached hydrogens (tertiary/aromatic N) is 1. The lowest BCUT2D eigenvalue weighted by atomic mass is 9.87. The molecule has 1 heteroatoms. The summed E-state index contributed by atoms with van der Waals surface area (Å²) in [6.07, 6.45) is 1.19. The van der Waals surface area contributed by atoms with Crippen molar-refractivity contribution in [3.63, 3.8) is 0 Å². The van der Waals surface area contributed by atoms with Gasteiger partial charge in [-0.3, -0.25) is 4.90 Å². The Morgan fingerprint density at radius 3 is 2.29 bits per heavy atom. The molecule has 0 N–H and O–H groups in total. The summed E-state index contributed by atoms with van der Waals surface area (Å²) in [6, 6.07) is 5.33. The van der Waals surface area contributed by atoms with Gasteiger partial charge in [-0.15, -0.1) is 0 Å². The number of fused-ring (bicyclic) bond motifs is 1. The van der Waals surface area contributed by atoms with Crippen LogP contribution < -0.4 is 0 Å². The smallest absolute Gasteiger partial charge is 0.0328 e. The van der Waals surface area contributed by atoms with Crippen molar-refractivity contribution in [1.29, 1.82) is 0 Å². The number of hydrogen-bond donors (Lipinski definition) is 0. The summed E-state index contributed by atoms with van der Waals surface area (Å²) in [6.45, 7) is 14.9. The van der Waals surface area contributed by atoms with E-state index in [-0.39, 0.29) is 5.54 Å². The Kier molecular flexibility index (Phi) is 3.07. The molecule has 1 nitrogen and oxygen atoms in total. The van der Waals surface area contributed by atoms with E-state index in [1.165, 1.54) is 29.7 Å². The predicted octanol–water partition coefficient (Wildman–Crippen LogP) is 4.02. The van der Waals surface area contributed by atoms with E-state index < -0.39 is 0 Å². The van der Waals surface area contributed by atoms with Crippen LogP contribution in [0.1, 0.15) is 56.0 Å². The van der Waals surface area contributed by atoms with E-state index in [2.05, 4.69) is 58.6 Å². The van der Waals surface area contributed by atoms with Crippen molar-refractivity contribution < 1.29 is 0 Å². The van der Waals surface area contributed by atoms with Crippen molar-refractivity contribution >= 4 is 0 Å². The average Bonchev–Trinajstić information content (AvgIpc) is 2.19. The van der Waals surface area contributed by atoms with Gasteiger partial charge in [0.1, 0.15) is 0 Å². The van der Waals surface area contributed by atoms with E-state index in [1.807, 2.05) is 0 Å². The zero-order chi connectivity index (χ0) is 12.8. The number of benzene rings is 1. The molecule has 1 heterocycles. The molecule has 1 aliphatic heterocycles. The van der Waals surface area contributed by atoms with Crippen LogP contribution in [0.3, 0.4) is 0 Å². The van der Waals surface area contributed by atoms with Crippen LogP contribution in [0.4, 0.5) is 0 Å². The van der Waals surface area contributed by atoms with Crippen molar-refractivity contribution in [2.45, 2.75) is 59.5 Å². The lowest BCUT2D eigenvalue weighted by Gasteiger charge is -2.44. The first-order valence-corrected chi connectivity index (χ1v) is 6.67. The zero-order valence-corrected chi connectivity index (χ0v) is 12.1. The lowest BCUT2D eigenvalue weighted by Crippen LogP contribution is -2.46. The Balaban J connectivity index is 2.42. The number of aryl methyl sites for hydroxylation is 2. The van der Waals surface area contributed by atoms with Crippen molar-refractivity contribution in [2.24, 2.45) is 0 Å². The van der Waals surface area contributed by atoms with Crippen LogP contribution >= 0.6 is 0 Å². The highest BCUT2D eigenvalue weighted by Gasteiger charge is 2.31.